The van der Waals surface area contributed by atoms with Crippen LogP contribution in [0.1, 0.15) is 28.5 Å². The van der Waals surface area contributed by atoms with Crippen LogP contribution < -0.4 is 0 Å². The summed E-state index contributed by atoms with van der Waals surface area (Å²) in [4.78, 5) is 12.1. The molecule has 0 radical (unpaired) electrons. The molecule has 2 heterocycles. The lowest BCUT2D eigenvalue weighted by Crippen LogP contribution is -2.05. The van der Waals surface area contributed by atoms with Crippen LogP contribution in [0.3, 0.4) is 0 Å². The van der Waals surface area contributed by atoms with Crippen LogP contribution in [0.25, 0.3) is 16.4 Å². The van der Waals surface area contributed by atoms with Crippen LogP contribution in [-0.4, -0.2) is 22.2 Å². The van der Waals surface area contributed by atoms with E-state index in [2.05, 4.69) is 18.1 Å². The van der Waals surface area contributed by atoms with Gasteiger partial charge in [0.1, 0.15) is 5.56 Å². The Morgan fingerprint density at radius 3 is 2.70 bits per heavy atom. The maximum Gasteiger partial charge on any atom is 0.342 e. The fourth-order valence-electron chi connectivity index (χ4n) is 2.51. The number of benzene rings is 1. The van der Waals surface area contributed by atoms with Crippen molar-refractivity contribution in [3.8, 4) is 0 Å². The molecule has 0 spiro atoms. The fraction of sp³-hybridized carbons (Fsp3) is 0.250. The van der Waals surface area contributed by atoms with Gasteiger partial charge in [0.05, 0.1) is 23.3 Å². The first-order valence-corrected chi connectivity index (χ1v) is 6.67. The number of pyridine rings is 1. The maximum absolute atomic E-state index is 12.1. The Bertz CT molecular complexity index is 818. The van der Waals surface area contributed by atoms with Gasteiger partial charge in [-0.1, -0.05) is 17.7 Å². The summed E-state index contributed by atoms with van der Waals surface area (Å²) in [5, 5.41) is 5.60. The van der Waals surface area contributed by atoms with Crippen molar-refractivity contribution in [3.05, 3.63) is 47.2 Å². The molecule has 0 unspecified atom stereocenters. The lowest BCUT2D eigenvalue weighted by Gasteiger charge is -2.04. The van der Waals surface area contributed by atoms with Gasteiger partial charge < -0.3 is 4.74 Å². The molecule has 20 heavy (non-hydrogen) atoms. The van der Waals surface area contributed by atoms with Crippen LogP contribution in [0, 0.1) is 13.8 Å². The molecule has 2 aromatic heterocycles. The number of nitrogens with zero attached hydrogens (tertiary/aromatic N) is 2. The molecule has 0 amide bonds. The van der Waals surface area contributed by atoms with Crippen molar-refractivity contribution in [2.24, 2.45) is 0 Å². The first-order chi connectivity index (χ1) is 9.61. The number of hydrogen-bond acceptors (Lipinski definition) is 3. The summed E-state index contributed by atoms with van der Waals surface area (Å²) in [7, 11) is 0. The van der Waals surface area contributed by atoms with Gasteiger partial charge in [-0.05, 0) is 39.0 Å². The summed E-state index contributed by atoms with van der Waals surface area (Å²) in [6.45, 7) is 6.06. The van der Waals surface area contributed by atoms with Gasteiger partial charge in [-0.15, -0.1) is 0 Å². The van der Waals surface area contributed by atoms with E-state index in [0.717, 1.165) is 16.4 Å². The number of aromatic nitrogens is 2. The van der Waals surface area contributed by atoms with E-state index in [4.69, 9.17) is 4.74 Å². The number of aryl methyl sites for hydroxylation is 2. The lowest BCUT2D eigenvalue weighted by atomic mass is 10.1. The van der Waals surface area contributed by atoms with Gasteiger partial charge in [0.15, 0.2) is 0 Å². The average Bonchev–Trinajstić information content (AvgIpc) is 2.75. The van der Waals surface area contributed by atoms with E-state index in [9.17, 15) is 4.79 Å². The minimum absolute atomic E-state index is 0.313. The number of carbonyl (C=O) groups is 1. The van der Waals surface area contributed by atoms with Crippen LogP contribution in [0.2, 0.25) is 0 Å². The summed E-state index contributed by atoms with van der Waals surface area (Å²) in [5.41, 5.74) is 4.22. The van der Waals surface area contributed by atoms with Gasteiger partial charge in [0.2, 0.25) is 0 Å². The Morgan fingerprint density at radius 1 is 1.20 bits per heavy atom. The first kappa shape index (κ1) is 12.7. The number of fused-ring (bicyclic) bond motifs is 3. The van der Waals surface area contributed by atoms with Gasteiger partial charge in [-0.2, -0.15) is 5.10 Å². The van der Waals surface area contributed by atoms with Crippen molar-refractivity contribution in [2.75, 3.05) is 6.61 Å². The number of ether oxygens (including phenoxy) is 1. The Labute approximate surface area is 117 Å². The predicted octanol–water partition coefficient (Wildman–Crippen LogP) is 3.28. The third-order valence-corrected chi connectivity index (χ3v) is 3.41. The molecule has 4 heteroatoms. The zero-order chi connectivity index (χ0) is 14.3. The molecule has 4 nitrogen and oxygen atoms in total. The van der Waals surface area contributed by atoms with Gasteiger partial charge in [-0.3, -0.25) is 0 Å². The van der Waals surface area contributed by atoms with Gasteiger partial charge >= 0.3 is 5.97 Å². The largest absolute Gasteiger partial charge is 0.462 e. The standard InChI is InChI=1S/C16H16N2O2/c1-4-20-16(19)15-11(3)17-18-13-7-5-10(2)9-12(13)6-8-14(15)18/h5-9H,4H2,1-3H3. The number of esters is 1. The molecular weight excluding hydrogens is 252 g/mol. The van der Waals surface area contributed by atoms with E-state index in [0.29, 0.717) is 17.9 Å². The third kappa shape index (κ3) is 1.84. The molecule has 0 aliphatic heterocycles. The first-order valence-electron chi connectivity index (χ1n) is 6.67. The molecular formula is C16H16N2O2. The number of carbonyl (C=O) groups excluding carboxylic acids is 1. The summed E-state index contributed by atoms with van der Waals surface area (Å²) >= 11 is 0. The Kier molecular flexibility index (Phi) is 2.93. The molecule has 0 saturated heterocycles. The quantitative estimate of drug-likeness (QED) is 0.670. The second-order valence-corrected chi connectivity index (χ2v) is 4.87. The average molecular weight is 268 g/mol. The highest BCUT2D eigenvalue weighted by Crippen LogP contribution is 2.23. The van der Waals surface area contributed by atoms with Crippen molar-refractivity contribution in [3.63, 3.8) is 0 Å². The van der Waals surface area contributed by atoms with Gasteiger partial charge in [-0.25, -0.2) is 9.31 Å². The van der Waals surface area contributed by atoms with Crippen LogP contribution in [0.4, 0.5) is 0 Å². The lowest BCUT2D eigenvalue weighted by molar-refractivity contribution is 0.0528. The van der Waals surface area contributed by atoms with Crippen molar-refractivity contribution < 1.29 is 9.53 Å². The minimum Gasteiger partial charge on any atom is -0.462 e. The molecule has 0 aliphatic carbocycles. The molecule has 0 atom stereocenters. The van der Waals surface area contributed by atoms with Gasteiger partial charge in [0, 0.05) is 5.39 Å². The molecule has 1 aromatic carbocycles. The van der Waals surface area contributed by atoms with E-state index in [1.54, 1.807) is 6.92 Å². The smallest absolute Gasteiger partial charge is 0.342 e. The maximum atomic E-state index is 12.1. The summed E-state index contributed by atoms with van der Waals surface area (Å²) < 4.78 is 6.93. The number of rotatable bonds is 2. The SMILES string of the molecule is CCOC(=O)c1c(C)nn2c1ccc1cc(C)ccc12. The molecule has 0 bridgehead atoms. The highest BCUT2D eigenvalue weighted by molar-refractivity contribution is 6.00. The minimum atomic E-state index is -0.313. The van der Waals surface area contributed by atoms with Crippen molar-refractivity contribution in [1.82, 2.24) is 9.61 Å². The third-order valence-electron chi connectivity index (χ3n) is 3.41. The summed E-state index contributed by atoms with van der Waals surface area (Å²) in [5.74, 6) is -0.313. The predicted molar refractivity (Wildman–Crippen MR) is 78.1 cm³/mol. The Hall–Kier alpha value is -2.36. The van der Waals surface area contributed by atoms with Crippen LogP contribution >= 0.6 is 0 Å². The summed E-state index contributed by atoms with van der Waals surface area (Å²) in [6.07, 6.45) is 0. The molecule has 0 saturated carbocycles. The molecule has 102 valence electrons. The van der Waals surface area contributed by atoms with Crippen LogP contribution in [-0.2, 0) is 4.74 Å². The highest BCUT2D eigenvalue weighted by atomic mass is 16.5. The van der Waals surface area contributed by atoms with Crippen molar-refractivity contribution in [1.29, 1.82) is 0 Å². The molecule has 3 rings (SSSR count). The topological polar surface area (TPSA) is 43.6 Å². The zero-order valence-electron chi connectivity index (χ0n) is 11.8. The number of hydrogen-bond donors (Lipinski definition) is 0. The Morgan fingerprint density at radius 2 is 1.95 bits per heavy atom. The Balaban J connectivity index is 2.32. The molecule has 0 aliphatic rings. The van der Waals surface area contributed by atoms with Crippen molar-refractivity contribution >= 4 is 22.4 Å². The van der Waals surface area contributed by atoms with Gasteiger partial charge in [0.25, 0.3) is 0 Å². The molecule has 0 N–H and O–H groups in total. The summed E-state index contributed by atoms with van der Waals surface area (Å²) in [6, 6.07) is 10.1. The van der Waals surface area contributed by atoms with E-state index in [-0.39, 0.29) is 5.97 Å². The fourth-order valence-corrected chi connectivity index (χ4v) is 2.51. The van der Waals surface area contributed by atoms with Crippen LogP contribution in [0.15, 0.2) is 30.3 Å². The highest BCUT2D eigenvalue weighted by Gasteiger charge is 2.19. The van der Waals surface area contributed by atoms with Crippen molar-refractivity contribution in [2.45, 2.75) is 20.8 Å². The van der Waals surface area contributed by atoms with E-state index >= 15 is 0 Å². The van der Waals surface area contributed by atoms with E-state index < -0.39 is 0 Å². The monoisotopic (exact) mass is 268 g/mol. The van der Waals surface area contributed by atoms with Crippen LogP contribution in [0.5, 0.6) is 0 Å². The molecule has 3 aromatic rings. The molecule has 0 fully saturated rings. The zero-order valence-corrected chi connectivity index (χ0v) is 11.8. The van der Waals surface area contributed by atoms with E-state index in [1.807, 2.05) is 35.7 Å². The van der Waals surface area contributed by atoms with E-state index in [1.165, 1.54) is 5.56 Å². The second kappa shape index (κ2) is 4.63. The normalized spacial score (nSPS) is 11.2. The second-order valence-electron chi connectivity index (χ2n) is 4.87.